The first-order valence-electron chi connectivity index (χ1n) is 5.91. The first-order chi connectivity index (χ1) is 9.10. The lowest BCUT2D eigenvalue weighted by Crippen LogP contribution is -2.44. The molecule has 1 aromatic carbocycles. The standard InChI is InChI=1S/C13H17ClFN3OS/c1-7(17-18-12(20)16-13(2,3)4)9-5-8(15)6-10(14)11(9)19/h5-6,19H,1-4H3,(H2,16,18,20)/b17-7+. The average Bonchev–Trinajstić information content (AvgIpc) is 2.28. The third kappa shape index (κ3) is 4.94. The summed E-state index contributed by atoms with van der Waals surface area (Å²) in [4.78, 5) is 0. The van der Waals surface area contributed by atoms with Gasteiger partial charge in [-0.2, -0.15) is 5.10 Å². The maximum Gasteiger partial charge on any atom is 0.187 e. The number of hydrogen-bond acceptors (Lipinski definition) is 3. The predicted octanol–water partition coefficient (Wildman–Crippen LogP) is 3.17. The van der Waals surface area contributed by atoms with Crippen molar-refractivity contribution in [3.8, 4) is 5.75 Å². The number of nitrogens with zero attached hydrogens (tertiary/aromatic N) is 1. The number of hydrogen-bond donors (Lipinski definition) is 3. The fraction of sp³-hybridized carbons (Fsp3) is 0.385. The van der Waals surface area contributed by atoms with Crippen LogP contribution in [0.3, 0.4) is 0 Å². The molecule has 110 valence electrons. The lowest BCUT2D eigenvalue weighted by Gasteiger charge is -2.21. The van der Waals surface area contributed by atoms with Gasteiger partial charge in [0.1, 0.15) is 11.6 Å². The molecule has 0 spiro atoms. The maximum atomic E-state index is 13.3. The van der Waals surface area contributed by atoms with E-state index >= 15 is 0 Å². The largest absolute Gasteiger partial charge is 0.506 e. The van der Waals surface area contributed by atoms with Crippen molar-refractivity contribution in [1.82, 2.24) is 10.7 Å². The minimum Gasteiger partial charge on any atom is -0.506 e. The molecule has 0 unspecified atom stereocenters. The van der Waals surface area contributed by atoms with Gasteiger partial charge in [0.25, 0.3) is 0 Å². The molecule has 7 heteroatoms. The second-order valence-electron chi connectivity index (χ2n) is 5.30. The SMILES string of the molecule is C/C(=N\NC(=S)NC(C)(C)C)c1cc(F)cc(Cl)c1O. The van der Waals surface area contributed by atoms with Crippen LogP contribution >= 0.6 is 23.8 Å². The molecule has 0 amide bonds. The van der Waals surface area contributed by atoms with E-state index < -0.39 is 5.82 Å². The zero-order valence-electron chi connectivity index (χ0n) is 11.7. The van der Waals surface area contributed by atoms with E-state index in [9.17, 15) is 9.50 Å². The highest BCUT2D eigenvalue weighted by Crippen LogP contribution is 2.28. The molecule has 4 nitrogen and oxygen atoms in total. The Bertz CT molecular complexity index is 555. The summed E-state index contributed by atoms with van der Waals surface area (Å²) in [6.45, 7) is 7.47. The Morgan fingerprint density at radius 2 is 2.00 bits per heavy atom. The summed E-state index contributed by atoms with van der Waals surface area (Å²) in [5, 5.41) is 17.1. The Kier molecular flexibility index (Phi) is 5.30. The predicted molar refractivity (Wildman–Crippen MR) is 83.9 cm³/mol. The molecule has 0 bridgehead atoms. The van der Waals surface area contributed by atoms with Crippen molar-refractivity contribution in [3.63, 3.8) is 0 Å². The van der Waals surface area contributed by atoms with Gasteiger partial charge in [0, 0.05) is 11.1 Å². The number of thiocarbonyl (C=S) groups is 1. The van der Waals surface area contributed by atoms with Gasteiger partial charge in [0.2, 0.25) is 0 Å². The second kappa shape index (κ2) is 6.37. The zero-order chi connectivity index (χ0) is 15.5. The van der Waals surface area contributed by atoms with Crippen LogP contribution in [0.1, 0.15) is 33.3 Å². The minimum absolute atomic E-state index is 0.0649. The molecule has 1 rings (SSSR count). The van der Waals surface area contributed by atoms with Crippen molar-refractivity contribution in [2.75, 3.05) is 0 Å². The van der Waals surface area contributed by atoms with E-state index in [0.717, 1.165) is 12.1 Å². The second-order valence-corrected chi connectivity index (χ2v) is 6.11. The first kappa shape index (κ1) is 16.7. The van der Waals surface area contributed by atoms with Crippen LogP contribution in [0.25, 0.3) is 0 Å². The Morgan fingerprint density at radius 3 is 2.55 bits per heavy atom. The monoisotopic (exact) mass is 317 g/mol. The van der Waals surface area contributed by atoms with E-state index in [1.54, 1.807) is 6.92 Å². The molecule has 20 heavy (non-hydrogen) atoms. The van der Waals surface area contributed by atoms with Gasteiger partial charge in [0.15, 0.2) is 5.11 Å². The molecule has 0 aromatic heterocycles. The number of rotatable bonds is 2. The highest BCUT2D eigenvalue weighted by atomic mass is 35.5. The van der Waals surface area contributed by atoms with Gasteiger partial charge in [-0.05, 0) is 52.0 Å². The van der Waals surface area contributed by atoms with E-state index in [1.165, 1.54) is 0 Å². The fourth-order valence-corrected chi connectivity index (χ4v) is 1.96. The lowest BCUT2D eigenvalue weighted by atomic mass is 10.1. The third-order valence-electron chi connectivity index (χ3n) is 2.23. The van der Waals surface area contributed by atoms with Gasteiger partial charge >= 0.3 is 0 Å². The minimum atomic E-state index is -0.548. The quantitative estimate of drug-likeness (QED) is 0.445. The van der Waals surface area contributed by atoms with Gasteiger partial charge in [-0.15, -0.1) is 0 Å². The van der Waals surface area contributed by atoms with Crippen molar-refractivity contribution in [2.45, 2.75) is 33.2 Å². The van der Waals surface area contributed by atoms with Crippen LogP contribution in [-0.4, -0.2) is 21.5 Å². The molecule has 0 saturated heterocycles. The molecule has 1 aromatic rings. The molecule has 0 saturated carbocycles. The van der Waals surface area contributed by atoms with Crippen LogP contribution in [-0.2, 0) is 0 Å². The first-order valence-corrected chi connectivity index (χ1v) is 6.69. The summed E-state index contributed by atoms with van der Waals surface area (Å²) in [5.41, 5.74) is 3.01. The summed E-state index contributed by atoms with van der Waals surface area (Å²) in [5.74, 6) is -0.765. The normalized spacial score (nSPS) is 12.2. The number of phenols is 1. The average molecular weight is 318 g/mol. The third-order valence-corrected chi connectivity index (χ3v) is 2.71. The number of halogens is 2. The Morgan fingerprint density at radius 1 is 1.40 bits per heavy atom. The van der Waals surface area contributed by atoms with Gasteiger partial charge < -0.3 is 10.4 Å². The van der Waals surface area contributed by atoms with E-state index in [1.807, 2.05) is 20.8 Å². The van der Waals surface area contributed by atoms with E-state index in [2.05, 4.69) is 15.8 Å². The van der Waals surface area contributed by atoms with Crippen LogP contribution in [0.2, 0.25) is 5.02 Å². The summed E-state index contributed by atoms with van der Waals surface area (Å²) < 4.78 is 13.3. The van der Waals surface area contributed by atoms with Crippen molar-refractivity contribution >= 4 is 34.6 Å². The van der Waals surface area contributed by atoms with Gasteiger partial charge in [-0.25, -0.2) is 4.39 Å². The van der Waals surface area contributed by atoms with E-state index in [-0.39, 0.29) is 21.9 Å². The molecule has 0 fully saturated rings. The highest BCUT2D eigenvalue weighted by Gasteiger charge is 2.13. The Hall–Kier alpha value is -1.40. The molecule has 0 heterocycles. The zero-order valence-corrected chi connectivity index (χ0v) is 13.3. The smallest absolute Gasteiger partial charge is 0.187 e. The van der Waals surface area contributed by atoms with Crippen molar-refractivity contribution in [2.24, 2.45) is 5.10 Å². The van der Waals surface area contributed by atoms with Crippen LogP contribution in [0, 0.1) is 5.82 Å². The van der Waals surface area contributed by atoms with Crippen LogP contribution in [0.15, 0.2) is 17.2 Å². The maximum absolute atomic E-state index is 13.3. The van der Waals surface area contributed by atoms with Crippen LogP contribution < -0.4 is 10.7 Å². The molecular formula is C13H17ClFN3OS. The summed E-state index contributed by atoms with van der Waals surface area (Å²) >= 11 is 10.8. The van der Waals surface area contributed by atoms with Crippen LogP contribution in [0.4, 0.5) is 4.39 Å². The van der Waals surface area contributed by atoms with E-state index in [0.29, 0.717) is 10.8 Å². The van der Waals surface area contributed by atoms with Gasteiger partial charge in [-0.3, -0.25) is 5.43 Å². The molecule has 3 N–H and O–H groups in total. The summed E-state index contributed by atoms with van der Waals surface area (Å²) in [6, 6.07) is 2.19. The Balaban J connectivity index is 2.88. The number of nitrogens with one attached hydrogen (secondary N) is 2. The molecule has 0 radical (unpaired) electrons. The fourth-order valence-electron chi connectivity index (χ4n) is 1.41. The molecule has 0 aliphatic rings. The summed E-state index contributed by atoms with van der Waals surface area (Å²) in [6.07, 6.45) is 0. The number of phenolic OH excluding ortho intramolecular Hbond substituents is 1. The molecule has 0 atom stereocenters. The Labute approximate surface area is 128 Å². The number of aromatic hydroxyl groups is 1. The van der Waals surface area contributed by atoms with Crippen molar-refractivity contribution in [1.29, 1.82) is 0 Å². The topological polar surface area (TPSA) is 56.7 Å². The van der Waals surface area contributed by atoms with Crippen LogP contribution in [0.5, 0.6) is 5.75 Å². The van der Waals surface area contributed by atoms with Crippen molar-refractivity contribution in [3.05, 3.63) is 28.5 Å². The molecule has 0 aliphatic carbocycles. The van der Waals surface area contributed by atoms with Gasteiger partial charge in [0.05, 0.1) is 10.7 Å². The molecule has 0 aliphatic heterocycles. The summed E-state index contributed by atoms with van der Waals surface area (Å²) in [7, 11) is 0. The van der Waals surface area contributed by atoms with E-state index in [4.69, 9.17) is 23.8 Å². The number of hydrazone groups is 1. The number of benzene rings is 1. The lowest BCUT2D eigenvalue weighted by molar-refractivity contribution is 0.472. The highest BCUT2D eigenvalue weighted by molar-refractivity contribution is 7.80. The van der Waals surface area contributed by atoms with Crippen molar-refractivity contribution < 1.29 is 9.50 Å². The van der Waals surface area contributed by atoms with Gasteiger partial charge in [-0.1, -0.05) is 11.6 Å². The molecular weight excluding hydrogens is 301 g/mol.